The van der Waals surface area contributed by atoms with Crippen LogP contribution >= 0.6 is 0 Å². The Morgan fingerprint density at radius 1 is 1.20 bits per heavy atom. The van der Waals surface area contributed by atoms with Gasteiger partial charge in [0.05, 0.1) is 0 Å². The zero-order valence-corrected chi connectivity index (χ0v) is 13.3. The number of hydrogen-bond donors (Lipinski definition) is 0. The predicted octanol–water partition coefficient (Wildman–Crippen LogP) is 3.36. The Labute approximate surface area is 121 Å². The lowest BCUT2D eigenvalue weighted by Gasteiger charge is -2.46. The summed E-state index contributed by atoms with van der Waals surface area (Å²) < 4.78 is 5.78. The first-order valence-electron chi connectivity index (χ1n) is 7.87. The maximum absolute atomic E-state index is 12.5. The van der Waals surface area contributed by atoms with Crippen molar-refractivity contribution < 1.29 is 14.3 Å². The van der Waals surface area contributed by atoms with Gasteiger partial charge in [0.1, 0.15) is 11.9 Å². The quantitative estimate of drug-likeness (QED) is 0.691. The summed E-state index contributed by atoms with van der Waals surface area (Å²) in [7, 11) is 0. The van der Waals surface area contributed by atoms with E-state index in [4.69, 9.17) is 4.74 Å². The molecule has 20 heavy (non-hydrogen) atoms. The van der Waals surface area contributed by atoms with E-state index in [9.17, 15) is 9.59 Å². The summed E-state index contributed by atoms with van der Waals surface area (Å²) in [5.74, 6) is 0.347. The van der Waals surface area contributed by atoms with Gasteiger partial charge in [-0.1, -0.05) is 34.1 Å². The van der Waals surface area contributed by atoms with Gasteiger partial charge in [0, 0.05) is 30.6 Å². The molecule has 0 amide bonds. The molecule has 0 spiro atoms. The third kappa shape index (κ3) is 1.32. The summed E-state index contributed by atoms with van der Waals surface area (Å²) in [6, 6.07) is 0. The fraction of sp³-hybridized carbons (Fsp3) is 0.882. The summed E-state index contributed by atoms with van der Waals surface area (Å²) in [6.45, 7) is 10.4. The molecule has 3 aliphatic carbocycles. The van der Waals surface area contributed by atoms with Crippen LogP contribution in [-0.2, 0) is 14.3 Å². The van der Waals surface area contributed by atoms with Gasteiger partial charge in [-0.2, -0.15) is 0 Å². The van der Waals surface area contributed by atoms with E-state index in [1.807, 2.05) is 6.92 Å². The van der Waals surface area contributed by atoms with E-state index >= 15 is 0 Å². The zero-order chi connectivity index (χ0) is 14.9. The average molecular weight is 278 g/mol. The first-order valence-corrected chi connectivity index (χ1v) is 7.87. The third-order valence-electron chi connectivity index (χ3n) is 7.46. The van der Waals surface area contributed by atoms with Gasteiger partial charge < -0.3 is 4.74 Å². The summed E-state index contributed by atoms with van der Waals surface area (Å²) in [4.78, 5) is 24.0. The number of carbonyl (C=O) groups excluding carboxylic acids is 2. The standard InChI is InChI=1S/C17H26O3/c1-10-12(19)9-16(4)14(20-11(2)18)13(10)15(3)7-6-8-17(15,16)5/h10,13-14H,6-9H2,1-5H3/t10-,13+,14+,15+,16-,17+/m1/s1. The van der Waals surface area contributed by atoms with E-state index in [2.05, 4.69) is 20.8 Å². The van der Waals surface area contributed by atoms with Crippen molar-refractivity contribution in [2.24, 2.45) is 28.1 Å². The van der Waals surface area contributed by atoms with Crippen LogP contribution in [0.1, 0.15) is 60.3 Å². The predicted molar refractivity (Wildman–Crippen MR) is 76.0 cm³/mol. The van der Waals surface area contributed by atoms with Gasteiger partial charge in [0.2, 0.25) is 0 Å². The lowest BCUT2D eigenvalue weighted by molar-refractivity contribution is -0.167. The van der Waals surface area contributed by atoms with E-state index in [-0.39, 0.29) is 40.2 Å². The van der Waals surface area contributed by atoms with Crippen LogP contribution in [0, 0.1) is 28.1 Å². The van der Waals surface area contributed by atoms with Gasteiger partial charge in [-0.05, 0) is 23.7 Å². The second-order valence-electron chi connectivity index (χ2n) is 8.01. The van der Waals surface area contributed by atoms with Crippen molar-refractivity contribution >= 4 is 11.8 Å². The molecule has 0 heterocycles. The monoisotopic (exact) mass is 278 g/mol. The van der Waals surface area contributed by atoms with Crippen molar-refractivity contribution in [1.82, 2.24) is 0 Å². The van der Waals surface area contributed by atoms with Gasteiger partial charge in [-0.25, -0.2) is 0 Å². The van der Waals surface area contributed by atoms with Crippen LogP contribution in [0.5, 0.6) is 0 Å². The Kier molecular flexibility index (Phi) is 2.72. The number of Topliss-reactive ketones (excluding diaryl/α,β-unsaturated/α-hetero) is 1. The Balaban J connectivity index is 2.16. The fourth-order valence-electron chi connectivity index (χ4n) is 6.10. The molecule has 3 nitrogen and oxygen atoms in total. The first kappa shape index (κ1) is 14.1. The number of hydrogen-bond acceptors (Lipinski definition) is 3. The van der Waals surface area contributed by atoms with Gasteiger partial charge in [-0.3, -0.25) is 9.59 Å². The lowest BCUT2D eigenvalue weighted by Crippen LogP contribution is -2.49. The van der Waals surface area contributed by atoms with Crippen LogP contribution in [0.4, 0.5) is 0 Å². The number of fused-ring (bicyclic) bond motifs is 5. The van der Waals surface area contributed by atoms with E-state index in [1.165, 1.54) is 13.3 Å². The van der Waals surface area contributed by atoms with Crippen LogP contribution in [-0.4, -0.2) is 17.9 Å². The fourth-order valence-corrected chi connectivity index (χ4v) is 6.10. The molecule has 2 bridgehead atoms. The SMILES string of the molecule is CC(=O)O[C@H]1[C@@H]2[C@H](C)C(=O)C[C@@]1(C)[C@@]1(C)CCC[C@@]21C. The normalized spacial score (nSPS) is 53.9. The Bertz CT molecular complexity index is 485. The molecular weight excluding hydrogens is 252 g/mol. The Hall–Kier alpha value is -0.860. The highest BCUT2D eigenvalue weighted by Crippen LogP contribution is 2.77. The number of ether oxygens (including phenoxy) is 1. The molecule has 112 valence electrons. The van der Waals surface area contributed by atoms with Crippen molar-refractivity contribution in [3.05, 3.63) is 0 Å². The van der Waals surface area contributed by atoms with Crippen LogP contribution in [0.2, 0.25) is 0 Å². The van der Waals surface area contributed by atoms with Crippen molar-refractivity contribution in [2.45, 2.75) is 66.4 Å². The number of esters is 1. The topological polar surface area (TPSA) is 43.4 Å². The maximum Gasteiger partial charge on any atom is 0.302 e. The van der Waals surface area contributed by atoms with E-state index in [1.54, 1.807) is 0 Å². The van der Waals surface area contributed by atoms with Crippen LogP contribution in [0.15, 0.2) is 0 Å². The average Bonchev–Trinajstić information content (AvgIpc) is 2.68. The van der Waals surface area contributed by atoms with Gasteiger partial charge in [0.25, 0.3) is 0 Å². The molecule has 0 N–H and O–H groups in total. The number of rotatable bonds is 1. The molecule has 3 heteroatoms. The molecule has 0 aromatic heterocycles. The maximum atomic E-state index is 12.5. The van der Waals surface area contributed by atoms with E-state index in [0.29, 0.717) is 12.2 Å². The van der Waals surface area contributed by atoms with Crippen LogP contribution < -0.4 is 0 Å². The summed E-state index contributed by atoms with van der Waals surface area (Å²) >= 11 is 0. The Morgan fingerprint density at radius 3 is 2.45 bits per heavy atom. The summed E-state index contributed by atoms with van der Waals surface area (Å²) in [5, 5.41) is 0. The molecule has 0 aliphatic heterocycles. The minimum absolute atomic E-state index is 0.0114. The van der Waals surface area contributed by atoms with Crippen molar-refractivity contribution in [3.8, 4) is 0 Å². The highest BCUT2D eigenvalue weighted by molar-refractivity contribution is 5.84. The smallest absolute Gasteiger partial charge is 0.302 e. The van der Waals surface area contributed by atoms with Crippen molar-refractivity contribution in [3.63, 3.8) is 0 Å². The molecule has 0 radical (unpaired) electrons. The largest absolute Gasteiger partial charge is 0.462 e. The summed E-state index contributed by atoms with van der Waals surface area (Å²) in [6.07, 6.45) is 4.00. The Morgan fingerprint density at radius 2 is 1.85 bits per heavy atom. The second kappa shape index (κ2) is 3.86. The highest BCUT2D eigenvalue weighted by Gasteiger charge is 2.76. The molecule has 3 aliphatic rings. The molecule has 3 fully saturated rings. The second-order valence-corrected chi connectivity index (χ2v) is 8.01. The minimum atomic E-state index is -0.208. The van der Waals surface area contributed by atoms with Gasteiger partial charge in [0.15, 0.2) is 0 Å². The molecule has 0 unspecified atom stereocenters. The molecule has 3 rings (SSSR count). The molecule has 3 saturated carbocycles. The van der Waals surface area contributed by atoms with Crippen molar-refractivity contribution in [2.75, 3.05) is 0 Å². The molecular formula is C17H26O3. The van der Waals surface area contributed by atoms with Gasteiger partial charge in [-0.15, -0.1) is 0 Å². The lowest BCUT2D eigenvalue weighted by atomic mass is 9.59. The van der Waals surface area contributed by atoms with Crippen LogP contribution in [0.3, 0.4) is 0 Å². The highest BCUT2D eigenvalue weighted by atomic mass is 16.5. The number of ketones is 1. The molecule has 0 saturated heterocycles. The molecule has 0 aromatic rings. The third-order valence-corrected chi connectivity index (χ3v) is 7.46. The minimum Gasteiger partial charge on any atom is -0.462 e. The van der Waals surface area contributed by atoms with Gasteiger partial charge >= 0.3 is 5.97 Å². The first-order chi connectivity index (χ1) is 9.17. The molecule has 0 aromatic carbocycles. The number of carbonyl (C=O) groups is 2. The van der Waals surface area contributed by atoms with Crippen LogP contribution in [0.25, 0.3) is 0 Å². The van der Waals surface area contributed by atoms with Crippen molar-refractivity contribution in [1.29, 1.82) is 0 Å². The molecule has 6 atom stereocenters. The van der Waals surface area contributed by atoms with E-state index < -0.39 is 0 Å². The van der Waals surface area contributed by atoms with E-state index in [0.717, 1.165) is 12.8 Å². The zero-order valence-electron chi connectivity index (χ0n) is 13.3. The summed E-state index contributed by atoms with van der Waals surface area (Å²) in [5.41, 5.74) is 0.0246.